The molecular formula is C13H16N2O. The van der Waals surface area contributed by atoms with E-state index in [-0.39, 0.29) is 0 Å². The van der Waals surface area contributed by atoms with Crippen LogP contribution >= 0.6 is 0 Å². The van der Waals surface area contributed by atoms with Crippen molar-refractivity contribution < 1.29 is 4.74 Å². The maximum atomic E-state index is 5.35. The molecule has 0 saturated carbocycles. The molecule has 0 atom stereocenters. The molecule has 0 spiro atoms. The van der Waals surface area contributed by atoms with Crippen molar-refractivity contribution >= 4 is 0 Å². The number of nitrogens with one attached hydrogen (secondary N) is 1. The second-order valence-corrected chi connectivity index (χ2v) is 3.82. The number of aryl methyl sites for hydroxylation is 2. The summed E-state index contributed by atoms with van der Waals surface area (Å²) in [6.45, 7) is 4.13. The van der Waals surface area contributed by atoms with E-state index in [1.165, 1.54) is 5.56 Å². The van der Waals surface area contributed by atoms with Gasteiger partial charge in [-0.25, -0.2) is 0 Å². The molecular weight excluding hydrogens is 200 g/mol. The third-order valence-corrected chi connectivity index (χ3v) is 2.65. The van der Waals surface area contributed by atoms with E-state index in [1.807, 2.05) is 19.1 Å². The lowest BCUT2D eigenvalue weighted by Gasteiger charge is -2.07. The first kappa shape index (κ1) is 10.7. The number of H-pyrrole nitrogens is 1. The van der Waals surface area contributed by atoms with Gasteiger partial charge in [-0.2, -0.15) is 5.10 Å². The molecule has 0 amide bonds. The number of ether oxygens (including phenoxy) is 1. The quantitative estimate of drug-likeness (QED) is 0.856. The Labute approximate surface area is 95.5 Å². The van der Waals surface area contributed by atoms with E-state index in [9.17, 15) is 0 Å². The zero-order valence-electron chi connectivity index (χ0n) is 9.87. The van der Waals surface area contributed by atoms with Crippen LogP contribution in [0.25, 0.3) is 11.3 Å². The van der Waals surface area contributed by atoms with Crippen molar-refractivity contribution in [3.05, 3.63) is 35.5 Å². The Morgan fingerprint density at radius 1 is 1.31 bits per heavy atom. The smallest absolute Gasteiger partial charge is 0.128 e. The molecule has 1 aromatic heterocycles. The van der Waals surface area contributed by atoms with E-state index in [0.717, 1.165) is 29.1 Å². The standard InChI is InChI=1S/C13H16N2O/c1-4-10-5-6-13(16-3)11(8-10)12-7-9(2)14-15-12/h5-8H,4H2,1-3H3,(H,14,15). The zero-order chi connectivity index (χ0) is 11.5. The van der Waals surface area contributed by atoms with E-state index in [1.54, 1.807) is 7.11 Å². The van der Waals surface area contributed by atoms with Crippen molar-refractivity contribution in [2.24, 2.45) is 0 Å². The summed E-state index contributed by atoms with van der Waals surface area (Å²) in [5.41, 5.74) is 4.33. The van der Waals surface area contributed by atoms with Crippen LogP contribution in [0.5, 0.6) is 5.75 Å². The van der Waals surface area contributed by atoms with Gasteiger partial charge in [0.1, 0.15) is 5.75 Å². The van der Waals surface area contributed by atoms with Crippen molar-refractivity contribution in [2.45, 2.75) is 20.3 Å². The normalized spacial score (nSPS) is 10.4. The van der Waals surface area contributed by atoms with Crippen molar-refractivity contribution in [3.63, 3.8) is 0 Å². The number of rotatable bonds is 3. The van der Waals surface area contributed by atoms with Crippen LogP contribution in [-0.4, -0.2) is 17.3 Å². The van der Waals surface area contributed by atoms with Gasteiger partial charge in [-0.3, -0.25) is 5.10 Å². The first-order valence-electron chi connectivity index (χ1n) is 5.44. The summed E-state index contributed by atoms with van der Waals surface area (Å²) in [4.78, 5) is 0. The highest BCUT2D eigenvalue weighted by molar-refractivity contribution is 5.68. The molecule has 1 aromatic carbocycles. The molecule has 16 heavy (non-hydrogen) atoms. The van der Waals surface area contributed by atoms with Gasteiger partial charge in [-0.15, -0.1) is 0 Å². The monoisotopic (exact) mass is 216 g/mol. The highest BCUT2D eigenvalue weighted by Gasteiger charge is 2.09. The Balaban J connectivity index is 2.52. The van der Waals surface area contributed by atoms with Gasteiger partial charge in [0.15, 0.2) is 0 Å². The summed E-state index contributed by atoms with van der Waals surface area (Å²) >= 11 is 0. The van der Waals surface area contributed by atoms with Gasteiger partial charge in [0.25, 0.3) is 0 Å². The number of aromatic nitrogens is 2. The lowest BCUT2D eigenvalue weighted by Crippen LogP contribution is -1.90. The predicted octanol–water partition coefficient (Wildman–Crippen LogP) is 2.96. The Bertz CT molecular complexity index is 488. The Hall–Kier alpha value is -1.77. The van der Waals surface area contributed by atoms with Crippen LogP contribution in [0.2, 0.25) is 0 Å². The van der Waals surface area contributed by atoms with E-state index < -0.39 is 0 Å². The van der Waals surface area contributed by atoms with Gasteiger partial charge in [-0.1, -0.05) is 13.0 Å². The zero-order valence-corrected chi connectivity index (χ0v) is 9.87. The van der Waals surface area contributed by atoms with Crippen LogP contribution in [0.4, 0.5) is 0 Å². The lowest BCUT2D eigenvalue weighted by molar-refractivity contribution is 0.416. The van der Waals surface area contributed by atoms with Crippen molar-refractivity contribution in [1.29, 1.82) is 0 Å². The van der Waals surface area contributed by atoms with Crippen LogP contribution in [0.3, 0.4) is 0 Å². The molecule has 0 aliphatic carbocycles. The van der Waals surface area contributed by atoms with Crippen molar-refractivity contribution in [2.75, 3.05) is 7.11 Å². The van der Waals surface area contributed by atoms with Gasteiger partial charge in [0, 0.05) is 11.3 Å². The Morgan fingerprint density at radius 3 is 2.69 bits per heavy atom. The number of nitrogens with zero attached hydrogens (tertiary/aromatic N) is 1. The first-order valence-corrected chi connectivity index (χ1v) is 5.44. The summed E-state index contributed by atoms with van der Waals surface area (Å²) in [5.74, 6) is 0.865. The minimum atomic E-state index is 0.865. The molecule has 0 aliphatic heterocycles. The molecule has 0 fully saturated rings. The van der Waals surface area contributed by atoms with Gasteiger partial charge in [0.2, 0.25) is 0 Å². The predicted molar refractivity (Wildman–Crippen MR) is 64.7 cm³/mol. The fraction of sp³-hybridized carbons (Fsp3) is 0.308. The largest absolute Gasteiger partial charge is 0.496 e. The number of aromatic amines is 1. The van der Waals surface area contributed by atoms with Crippen molar-refractivity contribution in [3.8, 4) is 17.0 Å². The molecule has 0 unspecified atom stereocenters. The van der Waals surface area contributed by atoms with Crippen LogP contribution in [0.15, 0.2) is 24.3 Å². The van der Waals surface area contributed by atoms with Gasteiger partial charge in [0.05, 0.1) is 12.8 Å². The topological polar surface area (TPSA) is 37.9 Å². The van der Waals surface area contributed by atoms with Crippen LogP contribution in [-0.2, 0) is 6.42 Å². The van der Waals surface area contributed by atoms with Crippen molar-refractivity contribution in [1.82, 2.24) is 10.2 Å². The Kier molecular flexibility index (Phi) is 2.95. The second-order valence-electron chi connectivity index (χ2n) is 3.82. The third kappa shape index (κ3) is 1.94. The molecule has 0 saturated heterocycles. The highest BCUT2D eigenvalue weighted by atomic mass is 16.5. The summed E-state index contributed by atoms with van der Waals surface area (Å²) in [6, 6.07) is 8.24. The second kappa shape index (κ2) is 4.39. The van der Waals surface area contributed by atoms with Crippen LogP contribution in [0, 0.1) is 6.92 Å². The molecule has 3 nitrogen and oxygen atoms in total. The van der Waals surface area contributed by atoms with E-state index in [0.29, 0.717) is 0 Å². The fourth-order valence-corrected chi connectivity index (χ4v) is 1.73. The van der Waals surface area contributed by atoms with E-state index in [2.05, 4.69) is 29.3 Å². The fourth-order valence-electron chi connectivity index (χ4n) is 1.73. The summed E-state index contributed by atoms with van der Waals surface area (Å²) in [7, 11) is 1.68. The Morgan fingerprint density at radius 2 is 2.12 bits per heavy atom. The minimum Gasteiger partial charge on any atom is -0.496 e. The molecule has 1 heterocycles. The average molecular weight is 216 g/mol. The molecule has 2 aromatic rings. The van der Waals surface area contributed by atoms with Gasteiger partial charge in [-0.05, 0) is 37.1 Å². The van der Waals surface area contributed by atoms with E-state index >= 15 is 0 Å². The number of benzene rings is 1. The summed E-state index contributed by atoms with van der Waals surface area (Å²) < 4.78 is 5.35. The van der Waals surface area contributed by atoms with Crippen LogP contribution in [0.1, 0.15) is 18.2 Å². The summed E-state index contributed by atoms with van der Waals surface area (Å²) in [5, 5.41) is 7.22. The molecule has 0 bridgehead atoms. The first-order chi connectivity index (χ1) is 7.74. The van der Waals surface area contributed by atoms with Gasteiger partial charge >= 0.3 is 0 Å². The maximum absolute atomic E-state index is 5.35. The molecule has 3 heteroatoms. The van der Waals surface area contributed by atoms with E-state index in [4.69, 9.17) is 4.74 Å². The van der Waals surface area contributed by atoms with Gasteiger partial charge < -0.3 is 4.74 Å². The third-order valence-electron chi connectivity index (χ3n) is 2.65. The highest BCUT2D eigenvalue weighted by Crippen LogP contribution is 2.29. The molecule has 1 N–H and O–H groups in total. The minimum absolute atomic E-state index is 0.865. The number of methoxy groups -OCH3 is 1. The lowest BCUT2D eigenvalue weighted by atomic mass is 10.1. The summed E-state index contributed by atoms with van der Waals surface area (Å²) in [6.07, 6.45) is 1.01. The molecule has 2 rings (SSSR count). The SMILES string of the molecule is CCc1ccc(OC)c(-c2cc(C)[nH]n2)c1. The molecule has 84 valence electrons. The van der Waals surface area contributed by atoms with Crippen LogP contribution < -0.4 is 4.74 Å². The number of hydrogen-bond acceptors (Lipinski definition) is 2. The molecule has 0 radical (unpaired) electrons. The number of hydrogen-bond donors (Lipinski definition) is 1. The maximum Gasteiger partial charge on any atom is 0.128 e. The molecule has 0 aliphatic rings. The average Bonchev–Trinajstić information content (AvgIpc) is 2.75.